The minimum Gasteiger partial charge on any atom is -0.459 e. The van der Waals surface area contributed by atoms with E-state index in [1.165, 1.54) is 5.56 Å². The van der Waals surface area contributed by atoms with Gasteiger partial charge in [0, 0.05) is 12.3 Å². The maximum absolute atomic E-state index is 13.1. The number of hydrogen-bond donors (Lipinski definition) is 1. The van der Waals surface area contributed by atoms with Gasteiger partial charge in [-0.3, -0.25) is 4.57 Å². The van der Waals surface area contributed by atoms with Crippen LogP contribution in [0.15, 0.2) is 48.5 Å². The molecule has 0 aliphatic carbocycles. The van der Waals surface area contributed by atoms with Gasteiger partial charge in [-0.05, 0) is 48.6 Å². The van der Waals surface area contributed by atoms with Crippen molar-refractivity contribution in [1.29, 1.82) is 0 Å². The van der Waals surface area contributed by atoms with Gasteiger partial charge in [-0.2, -0.15) is 0 Å². The summed E-state index contributed by atoms with van der Waals surface area (Å²) in [5, 5.41) is 0. The molecule has 2 aromatic carbocycles. The molecule has 1 saturated heterocycles. The first-order valence-corrected chi connectivity index (χ1v) is 11.0. The molecule has 1 unspecified atom stereocenters. The molecule has 0 amide bonds. The number of para-hydroxylation sites is 2. The number of benzene rings is 2. The van der Waals surface area contributed by atoms with Crippen LogP contribution in [0.4, 0.5) is 5.82 Å². The van der Waals surface area contributed by atoms with Crippen molar-refractivity contribution >= 4 is 34.0 Å². The first-order valence-electron chi connectivity index (χ1n) is 11.0. The highest BCUT2D eigenvalue weighted by Crippen LogP contribution is 2.32. The van der Waals surface area contributed by atoms with Gasteiger partial charge in [0.25, 0.3) is 0 Å². The second kappa shape index (κ2) is 8.24. The summed E-state index contributed by atoms with van der Waals surface area (Å²) in [5.74, 6) is 0.171. The molecule has 2 N–H and O–H groups in total. The molecule has 3 heterocycles. The van der Waals surface area contributed by atoms with Gasteiger partial charge in [0.15, 0.2) is 5.65 Å². The van der Waals surface area contributed by atoms with Crippen molar-refractivity contribution in [3.63, 3.8) is 0 Å². The second-order valence-corrected chi connectivity index (χ2v) is 8.46. The summed E-state index contributed by atoms with van der Waals surface area (Å²) in [6, 6.07) is 15.7. The number of hydrogen-bond acceptors (Lipinski definition) is 6. The van der Waals surface area contributed by atoms with E-state index in [-0.39, 0.29) is 24.1 Å². The first-order chi connectivity index (χ1) is 15.5. The van der Waals surface area contributed by atoms with Crippen LogP contribution < -0.4 is 5.73 Å². The number of carbonyl (C=O) groups is 1. The Balaban J connectivity index is 1.64. The highest BCUT2D eigenvalue weighted by molar-refractivity contribution is 6.09. The lowest BCUT2D eigenvalue weighted by atomic mass is 10.0. The van der Waals surface area contributed by atoms with E-state index in [0.29, 0.717) is 29.2 Å². The van der Waals surface area contributed by atoms with E-state index in [1.807, 2.05) is 36.4 Å². The molecule has 1 aliphatic heterocycles. The van der Waals surface area contributed by atoms with Crippen LogP contribution in [0.1, 0.15) is 48.5 Å². The van der Waals surface area contributed by atoms with Crippen LogP contribution >= 0.6 is 0 Å². The predicted molar refractivity (Wildman–Crippen MR) is 124 cm³/mol. The third-order valence-corrected chi connectivity index (χ3v) is 5.94. The summed E-state index contributed by atoms with van der Waals surface area (Å²) < 4.78 is 12.9. The lowest BCUT2D eigenvalue weighted by molar-refractivity contribution is 0.0163. The van der Waals surface area contributed by atoms with Crippen LogP contribution in [-0.4, -0.2) is 39.8 Å². The molecule has 0 spiro atoms. The van der Waals surface area contributed by atoms with Gasteiger partial charge >= 0.3 is 5.97 Å². The van der Waals surface area contributed by atoms with E-state index in [2.05, 4.69) is 26.0 Å². The molecule has 4 aromatic rings. The molecule has 1 atom stereocenters. The number of carbonyl (C=O) groups excluding carboxylic acids is 1. The minimum absolute atomic E-state index is 0.0657. The number of ether oxygens (including phenoxy) is 2. The normalized spacial score (nSPS) is 16.3. The number of aromatic nitrogens is 3. The Morgan fingerprint density at radius 2 is 1.88 bits per heavy atom. The van der Waals surface area contributed by atoms with Gasteiger partial charge in [0.05, 0.1) is 17.1 Å². The molecule has 0 radical (unpaired) electrons. The maximum atomic E-state index is 13.1. The number of rotatable bonds is 5. The number of nitrogens with two attached hydrogens (primary N) is 1. The monoisotopic (exact) mass is 430 g/mol. The number of fused-ring (bicyclic) bond motifs is 2. The topological polar surface area (TPSA) is 92.3 Å². The lowest BCUT2D eigenvalue weighted by Crippen LogP contribution is -2.18. The molecule has 1 fully saturated rings. The lowest BCUT2D eigenvalue weighted by Gasteiger charge is -2.11. The highest BCUT2D eigenvalue weighted by Gasteiger charge is 2.27. The van der Waals surface area contributed by atoms with E-state index in [4.69, 9.17) is 25.2 Å². The standard InChI is InChI=1S/C25H26N4O3/c1-15(2)16-9-11-17(12-10-16)29-23(26)21(25(30)32-14-18-6-5-13-31-18)22-24(29)28-20-8-4-3-7-19(20)27-22/h3-4,7-12,15,18H,5-6,13-14,26H2,1-2H3. The predicted octanol–water partition coefficient (Wildman–Crippen LogP) is 4.62. The number of esters is 1. The molecule has 5 rings (SSSR count). The first kappa shape index (κ1) is 20.5. The molecule has 7 nitrogen and oxygen atoms in total. The fraction of sp³-hybridized carbons (Fsp3) is 0.320. The molecule has 7 heteroatoms. The van der Waals surface area contributed by atoms with Crippen molar-refractivity contribution in [2.45, 2.75) is 38.7 Å². The van der Waals surface area contributed by atoms with E-state index < -0.39 is 5.97 Å². The van der Waals surface area contributed by atoms with Crippen molar-refractivity contribution in [1.82, 2.24) is 14.5 Å². The summed E-state index contributed by atoms with van der Waals surface area (Å²) in [6.07, 6.45) is 1.80. The zero-order chi connectivity index (χ0) is 22.2. The molecule has 164 valence electrons. The van der Waals surface area contributed by atoms with E-state index in [0.717, 1.165) is 24.0 Å². The molecular weight excluding hydrogens is 404 g/mol. The highest BCUT2D eigenvalue weighted by atomic mass is 16.6. The number of nitrogen functional groups attached to an aromatic ring is 1. The Hall–Kier alpha value is -3.45. The van der Waals surface area contributed by atoms with Gasteiger partial charge < -0.3 is 15.2 Å². The van der Waals surface area contributed by atoms with Crippen molar-refractivity contribution in [3.05, 3.63) is 59.7 Å². The molecule has 32 heavy (non-hydrogen) atoms. The van der Waals surface area contributed by atoms with Crippen molar-refractivity contribution in [2.75, 3.05) is 18.9 Å². The molecule has 0 bridgehead atoms. The van der Waals surface area contributed by atoms with Gasteiger partial charge in [-0.25, -0.2) is 14.8 Å². The largest absolute Gasteiger partial charge is 0.459 e. The second-order valence-electron chi connectivity index (χ2n) is 8.46. The average molecular weight is 431 g/mol. The Morgan fingerprint density at radius 1 is 1.16 bits per heavy atom. The van der Waals surface area contributed by atoms with E-state index in [1.54, 1.807) is 4.57 Å². The van der Waals surface area contributed by atoms with E-state index in [9.17, 15) is 4.79 Å². The summed E-state index contributed by atoms with van der Waals surface area (Å²) >= 11 is 0. The van der Waals surface area contributed by atoms with Gasteiger partial charge in [-0.15, -0.1) is 0 Å². The summed E-state index contributed by atoms with van der Waals surface area (Å²) in [6.45, 7) is 5.20. The van der Waals surface area contributed by atoms with Crippen LogP contribution in [0.3, 0.4) is 0 Å². The van der Waals surface area contributed by atoms with Crippen LogP contribution in [0.5, 0.6) is 0 Å². The molecule has 1 aliphatic rings. The molecule has 0 saturated carbocycles. The SMILES string of the molecule is CC(C)c1ccc(-n2c(N)c(C(=O)OCC3CCCO3)c3nc4ccccc4nc32)cc1. The quantitative estimate of drug-likeness (QED) is 0.465. The van der Waals surface area contributed by atoms with Crippen molar-refractivity contribution in [3.8, 4) is 5.69 Å². The number of anilines is 1. The Kier molecular flexibility index (Phi) is 5.27. The van der Waals surface area contributed by atoms with Gasteiger partial charge in [-0.1, -0.05) is 38.1 Å². The number of nitrogens with zero attached hydrogens (tertiary/aromatic N) is 3. The summed E-state index contributed by atoms with van der Waals surface area (Å²) in [7, 11) is 0. The summed E-state index contributed by atoms with van der Waals surface area (Å²) in [4.78, 5) is 22.7. The zero-order valence-corrected chi connectivity index (χ0v) is 18.2. The third-order valence-electron chi connectivity index (χ3n) is 5.94. The average Bonchev–Trinajstić information content (AvgIpc) is 3.41. The van der Waals surface area contributed by atoms with Gasteiger partial charge in [0.1, 0.15) is 23.5 Å². The fourth-order valence-electron chi connectivity index (χ4n) is 4.15. The minimum atomic E-state index is -0.509. The van der Waals surface area contributed by atoms with Crippen LogP contribution in [0, 0.1) is 0 Å². The third kappa shape index (κ3) is 3.58. The molecule has 2 aromatic heterocycles. The van der Waals surface area contributed by atoms with Crippen LogP contribution in [0.25, 0.3) is 27.9 Å². The smallest absolute Gasteiger partial charge is 0.344 e. The Labute approximate surface area is 186 Å². The van der Waals surface area contributed by atoms with Crippen LogP contribution in [0.2, 0.25) is 0 Å². The zero-order valence-electron chi connectivity index (χ0n) is 18.2. The van der Waals surface area contributed by atoms with Crippen LogP contribution in [-0.2, 0) is 9.47 Å². The maximum Gasteiger partial charge on any atom is 0.344 e. The Bertz CT molecular complexity index is 1290. The van der Waals surface area contributed by atoms with Gasteiger partial charge in [0.2, 0.25) is 0 Å². The summed E-state index contributed by atoms with van der Waals surface area (Å²) in [5.41, 5.74) is 11.2. The molecular formula is C25H26N4O3. The fourth-order valence-corrected chi connectivity index (χ4v) is 4.15. The van der Waals surface area contributed by atoms with Crippen molar-refractivity contribution in [2.24, 2.45) is 0 Å². The van der Waals surface area contributed by atoms with Crippen molar-refractivity contribution < 1.29 is 14.3 Å². The van der Waals surface area contributed by atoms with E-state index >= 15 is 0 Å². The Morgan fingerprint density at radius 3 is 2.53 bits per heavy atom.